The van der Waals surface area contributed by atoms with Gasteiger partial charge in [-0.25, -0.2) is 0 Å². The van der Waals surface area contributed by atoms with Gasteiger partial charge in [0.25, 0.3) is 0 Å². The molecule has 0 saturated carbocycles. The lowest BCUT2D eigenvalue weighted by Crippen LogP contribution is -2.23. The van der Waals surface area contributed by atoms with Gasteiger partial charge in [-0.1, -0.05) is 43.6 Å². The Hall–Kier alpha value is -1.32. The van der Waals surface area contributed by atoms with E-state index in [1.165, 1.54) is 11.3 Å². The van der Waals surface area contributed by atoms with E-state index in [-0.39, 0.29) is 0 Å². The van der Waals surface area contributed by atoms with Crippen LogP contribution in [0.5, 0.6) is 0 Å². The van der Waals surface area contributed by atoms with Gasteiger partial charge in [-0.3, -0.25) is 4.68 Å². The van der Waals surface area contributed by atoms with E-state index in [0.29, 0.717) is 5.92 Å². The van der Waals surface area contributed by atoms with Crippen molar-refractivity contribution in [1.82, 2.24) is 15.1 Å². The zero-order valence-corrected chi connectivity index (χ0v) is 13.8. The molecule has 2 rings (SSSR count). The summed E-state index contributed by atoms with van der Waals surface area (Å²) in [7, 11) is 2.02. The third kappa shape index (κ3) is 4.08. The standard InChI is InChI=1S/C17H24ClN3/c1-4-14-11-15(21(3)20-14)10-13(12-19-5-2)16-8-6-7-9-17(16)18/h6-9,11,13,19H,4-5,10,12H2,1-3H3. The summed E-state index contributed by atoms with van der Waals surface area (Å²) in [5, 5.41) is 8.83. The van der Waals surface area contributed by atoms with Crippen LogP contribution in [0.4, 0.5) is 0 Å². The molecule has 1 atom stereocenters. The Morgan fingerprint density at radius 3 is 2.67 bits per heavy atom. The van der Waals surface area contributed by atoms with Crippen LogP contribution in [0.25, 0.3) is 0 Å². The molecule has 0 aliphatic heterocycles. The Kier molecular flexibility index (Phi) is 5.83. The van der Waals surface area contributed by atoms with E-state index in [0.717, 1.165) is 36.6 Å². The summed E-state index contributed by atoms with van der Waals surface area (Å²) in [6, 6.07) is 10.3. The fourth-order valence-corrected chi connectivity index (χ4v) is 2.89. The largest absolute Gasteiger partial charge is 0.316 e. The molecule has 1 unspecified atom stereocenters. The summed E-state index contributed by atoms with van der Waals surface area (Å²) in [6.07, 6.45) is 1.91. The molecule has 114 valence electrons. The number of rotatable bonds is 7. The molecule has 0 bridgehead atoms. The zero-order valence-electron chi connectivity index (χ0n) is 13.1. The van der Waals surface area contributed by atoms with Crippen molar-refractivity contribution in [3.05, 3.63) is 52.3 Å². The molecule has 0 aliphatic rings. The molecule has 1 heterocycles. The Morgan fingerprint density at radius 2 is 2.05 bits per heavy atom. The van der Waals surface area contributed by atoms with Gasteiger partial charge in [0.2, 0.25) is 0 Å². The van der Waals surface area contributed by atoms with Crippen LogP contribution in [0.15, 0.2) is 30.3 Å². The van der Waals surface area contributed by atoms with Gasteiger partial charge in [0.05, 0.1) is 5.69 Å². The first-order valence-electron chi connectivity index (χ1n) is 7.62. The number of aromatic nitrogens is 2. The first-order valence-corrected chi connectivity index (χ1v) is 8.00. The molecular formula is C17H24ClN3. The molecule has 0 saturated heterocycles. The minimum atomic E-state index is 0.360. The van der Waals surface area contributed by atoms with Gasteiger partial charge in [0, 0.05) is 30.2 Å². The number of halogens is 1. The van der Waals surface area contributed by atoms with Crippen LogP contribution in [0.1, 0.15) is 36.7 Å². The highest BCUT2D eigenvalue weighted by Crippen LogP contribution is 2.27. The molecule has 0 amide bonds. The second-order valence-electron chi connectivity index (χ2n) is 5.33. The SMILES string of the molecule is CCNCC(Cc1cc(CC)nn1C)c1ccccc1Cl. The van der Waals surface area contributed by atoms with Crippen molar-refractivity contribution in [3.63, 3.8) is 0 Å². The molecular weight excluding hydrogens is 282 g/mol. The Balaban J connectivity index is 2.24. The number of hydrogen-bond donors (Lipinski definition) is 1. The predicted octanol–water partition coefficient (Wildman–Crippen LogP) is 3.57. The first kappa shape index (κ1) is 16.1. The van der Waals surface area contributed by atoms with Gasteiger partial charge in [-0.2, -0.15) is 5.10 Å². The van der Waals surface area contributed by atoms with E-state index in [9.17, 15) is 0 Å². The number of likely N-dealkylation sites (N-methyl/N-ethyl adjacent to an activating group) is 1. The topological polar surface area (TPSA) is 29.9 Å². The first-order chi connectivity index (χ1) is 10.2. The van der Waals surface area contributed by atoms with Crippen LogP contribution < -0.4 is 5.32 Å². The van der Waals surface area contributed by atoms with E-state index in [4.69, 9.17) is 11.6 Å². The van der Waals surface area contributed by atoms with Crippen molar-refractivity contribution in [2.24, 2.45) is 7.05 Å². The average Bonchev–Trinajstić information content (AvgIpc) is 2.84. The number of hydrogen-bond acceptors (Lipinski definition) is 2. The van der Waals surface area contributed by atoms with Gasteiger partial charge in [-0.05, 0) is 37.1 Å². The summed E-state index contributed by atoms with van der Waals surface area (Å²) in [5.74, 6) is 0.360. The highest BCUT2D eigenvalue weighted by atomic mass is 35.5. The molecule has 4 heteroatoms. The maximum Gasteiger partial charge on any atom is 0.0624 e. The fraction of sp³-hybridized carbons (Fsp3) is 0.471. The molecule has 21 heavy (non-hydrogen) atoms. The van der Waals surface area contributed by atoms with Crippen LogP contribution >= 0.6 is 11.6 Å². The number of nitrogens with zero attached hydrogens (tertiary/aromatic N) is 2. The number of aryl methyl sites for hydroxylation is 2. The van der Waals surface area contributed by atoms with E-state index in [2.05, 4.69) is 42.5 Å². The normalized spacial score (nSPS) is 12.6. The van der Waals surface area contributed by atoms with Crippen LogP contribution in [0, 0.1) is 0 Å². The van der Waals surface area contributed by atoms with Crippen molar-refractivity contribution in [1.29, 1.82) is 0 Å². The number of benzene rings is 1. The molecule has 1 aromatic carbocycles. The van der Waals surface area contributed by atoms with Crippen LogP contribution in [0.3, 0.4) is 0 Å². The predicted molar refractivity (Wildman–Crippen MR) is 89.0 cm³/mol. The second-order valence-corrected chi connectivity index (χ2v) is 5.74. The van der Waals surface area contributed by atoms with E-state index in [1.807, 2.05) is 23.9 Å². The van der Waals surface area contributed by atoms with Crippen molar-refractivity contribution >= 4 is 11.6 Å². The fourth-order valence-electron chi connectivity index (χ4n) is 2.60. The summed E-state index contributed by atoms with van der Waals surface area (Å²) in [6.45, 7) is 6.15. The van der Waals surface area contributed by atoms with Gasteiger partial charge in [-0.15, -0.1) is 0 Å². The Labute approximate surface area is 132 Å². The van der Waals surface area contributed by atoms with Gasteiger partial charge < -0.3 is 5.32 Å². The van der Waals surface area contributed by atoms with Crippen molar-refractivity contribution in [2.45, 2.75) is 32.6 Å². The lowest BCUT2D eigenvalue weighted by atomic mass is 9.93. The maximum absolute atomic E-state index is 6.39. The Morgan fingerprint density at radius 1 is 1.29 bits per heavy atom. The molecule has 0 spiro atoms. The van der Waals surface area contributed by atoms with E-state index in [1.54, 1.807) is 0 Å². The monoisotopic (exact) mass is 305 g/mol. The van der Waals surface area contributed by atoms with E-state index >= 15 is 0 Å². The summed E-state index contributed by atoms with van der Waals surface area (Å²) in [5.41, 5.74) is 3.61. The highest BCUT2D eigenvalue weighted by molar-refractivity contribution is 6.31. The molecule has 0 aliphatic carbocycles. The van der Waals surface area contributed by atoms with Gasteiger partial charge in [0.1, 0.15) is 0 Å². The quantitative estimate of drug-likeness (QED) is 0.847. The lowest BCUT2D eigenvalue weighted by molar-refractivity contribution is 0.570. The zero-order chi connectivity index (χ0) is 15.2. The molecule has 0 radical (unpaired) electrons. The van der Waals surface area contributed by atoms with Gasteiger partial charge >= 0.3 is 0 Å². The lowest BCUT2D eigenvalue weighted by Gasteiger charge is -2.19. The van der Waals surface area contributed by atoms with Crippen LogP contribution in [-0.4, -0.2) is 22.9 Å². The minimum absolute atomic E-state index is 0.360. The van der Waals surface area contributed by atoms with Crippen LogP contribution in [-0.2, 0) is 19.9 Å². The maximum atomic E-state index is 6.39. The van der Waals surface area contributed by atoms with Crippen molar-refractivity contribution in [3.8, 4) is 0 Å². The van der Waals surface area contributed by atoms with Crippen LogP contribution in [0.2, 0.25) is 5.02 Å². The van der Waals surface area contributed by atoms with Crippen molar-refractivity contribution < 1.29 is 0 Å². The third-order valence-corrected chi connectivity index (χ3v) is 4.18. The third-order valence-electron chi connectivity index (χ3n) is 3.83. The second kappa shape index (κ2) is 7.62. The summed E-state index contributed by atoms with van der Waals surface area (Å²) < 4.78 is 1.99. The van der Waals surface area contributed by atoms with Gasteiger partial charge in [0.15, 0.2) is 0 Å². The molecule has 1 N–H and O–H groups in total. The molecule has 2 aromatic rings. The molecule has 3 nitrogen and oxygen atoms in total. The smallest absolute Gasteiger partial charge is 0.0624 e. The minimum Gasteiger partial charge on any atom is -0.316 e. The van der Waals surface area contributed by atoms with Crippen molar-refractivity contribution in [2.75, 3.05) is 13.1 Å². The summed E-state index contributed by atoms with van der Waals surface area (Å²) in [4.78, 5) is 0. The highest BCUT2D eigenvalue weighted by Gasteiger charge is 2.17. The average molecular weight is 306 g/mol. The molecule has 1 aromatic heterocycles. The summed E-state index contributed by atoms with van der Waals surface area (Å²) >= 11 is 6.39. The Bertz CT molecular complexity index is 577. The molecule has 0 fully saturated rings. The number of nitrogens with one attached hydrogen (secondary N) is 1. The van der Waals surface area contributed by atoms with E-state index < -0.39 is 0 Å².